The SMILES string of the molecule is CC(C)CCNC(=O)CSc1nc(NC2CCCCC2)c2ccccc2n1. The molecule has 0 radical (unpaired) electrons. The van der Waals surface area contributed by atoms with E-state index in [0.717, 1.165) is 29.7 Å². The number of para-hydroxylation sites is 1. The van der Waals surface area contributed by atoms with Gasteiger partial charge in [-0.15, -0.1) is 0 Å². The van der Waals surface area contributed by atoms with Crippen LogP contribution >= 0.6 is 11.8 Å². The van der Waals surface area contributed by atoms with Crippen LogP contribution < -0.4 is 10.6 Å². The molecule has 1 saturated carbocycles. The van der Waals surface area contributed by atoms with Crippen LogP contribution in [-0.2, 0) is 4.79 Å². The molecule has 0 saturated heterocycles. The van der Waals surface area contributed by atoms with E-state index in [-0.39, 0.29) is 5.91 Å². The summed E-state index contributed by atoms with van der Waals surface area (Å²) in [4.78, 5) is 21.4. The Balaban J connectivity index is 1.67. The molecule has 5 nitrogen and oxygen atoms in total. The molecule has 2 N–H and O–H groups in total. The first-order valence-electron chi connectivity index (χ1n) is 10.0. The molecular weight excluding hydrogens is 356 g/mol. The standard InChI is InChI=1S/C21H30N4OS/c1-15(2)12-13-22-19(26)14-27-21-24-18-11-7-6-10-17(18)20(25-21)23-16-8-4-3-5-9-16/h6-7,10-11,15-16H,3-5,8-9,12-14H2,1-2H3,(H,22,26)(H,23,24,25). The van der Waals surface area contributed by atoms with Crippen LogP contribution in [0.15, 0.2) is 29.4 Å². The zero-order valence-corrected chi connectivity index (χ0v) is 17.1. The van der Waals surface area contributed by atoms with Gasteiger partial charge in [0.05, 0.1) is 11.3 Å². The lowest BCUT2D eigenvalue weighted by Gasteiger charge is -2.24. The van der Waals surface area contributed by atoms with Gasteiger partial charge < -0.3 is 10.6 Å². The van der Waals surface area contributed by atoms with Crippen LogP contribution in [0, 0.1) is 5.92 Å². The van der Waals surface area contributed by atoms with Gasteiger partial charge in [0, 0.05) is 18.0 Å². The third-order valence-corrected chi connectivity index (χ3v) is 5.75. The number of amides is 1. The highest BCUT2D eigenvalue weighted by molar-refractivity contribution is 7.99. The molecule has 1 aromatic heterocycles. The summed E-state index contributed by atoms with van der Waals surface area (Å²) in [6, 6.07) is 8.57. The van der Waals surface area contributed by atoms with Crippen LogP contribution in [0.2, 0.25) is 0 Å². The summed E-state index contributed by atoms with van der Waals surface area (Å²) in [5.74, 6) is 1.88. The van der Waals surface area contributed by atoms with E-state index in [9.17, 15) is 4.79 Å². The van der Waals surface area contributed by atoms with Gasteiger partial charge in [-0.25, -0.2) is 9.97 Å². The predicted molar refractivity (Wildman–Crippen MR) is 113 cm³/mol. The van der Waals surface area contributed by atoms with Crippen molar-refractivity contribution in [2.24, 2.45) is 5.92 Å². The van der Waals surface area contributed by atoms with E-state index in [1.165, 1.54) is 43.9 Å². The lowest BCUT2D eigenvalue weighted by molar-refractivity contribution is -0.118. The van der Waals surface area contributed by atoms with Gasteiger partial charge in [-0.3, -0.25) is 4.79 Å². The summed E-state index contributed by atoms with van der Waals surface area (Å²) < 4.78 is 0. The number of rotatable bonds is 8. The lowest BCUT2D eigenvalue weighted by Crippen LogP contribution is -2.27. The van der Waals surface area contributed by atoms with Gasteiger partial charge in [0.15, 0.2) is 5.16 Å². The van der Waals surface area contributed by atoms with Gasteiger partial charge in [-0.05, 0) is 37.3 Å². The molecular formula is C21H30N4OS. The van der Waals surface area contributed by atoms with Crippen molar-refractivity contribution in [2.75, 3.05) is 17.6 Å². The summed E-state index contributed by atoms with van der Waals surface area (Å²) in [5.41, 5.74) is 0.925. The van der Waals surface area contributed by atoms with E-state index in [4.69, 9.17) is 4.98 Å². The summed E-state index contributed by atoms with van der Waals surface area (Å²) >= 11 is 1.40. The van der Waals surface area contributed by atoms with Crippen LogP contribution in [0.4, 0.5) is 5.82 Å². The normalized spacial score (nSPS) is 15.2. The van der Waals surface area contributed by atoms with E-state index in [1.54, 1.807) is 0 Å². The molecule has 1 aliphatic rings. The topological polar surface area (TPSA) is 66.9 Å². The number of aromatic nitrogens is 2. The Morgan fingerprint density at radius 1 is 1.19 bits per heavy atom. The fourth-order valence-corrected chi connectivity index (χ4v) is 4.03. The minimum atomic E-state index is 0.0409. The van der Waals surface area contributed by atoms with E-state index >= 15 is 0 Å². The zero-order chi connectivity index (χ0) is 19.1. The zero-order valence-electron chi connectivity index (χ0n) is 16.3. The molecule has 27 heavy (non-hydrogen) atoms. The summed E-state index contributed by atoms with van der Waals surface area (Å²) in [5, 5.41) is 8.31. The number of nitrogens with one attached hydrogen (secondary N) is 2. The molecule has 0 spiro atoms. The molecule has 146 valence electrons. The molecule has 0 unspecified atom stereocenters. The van der Waals surface area contributed by atoms with Crippen molar-refractivity contribution in [3.63, 3.8) is 0 Å². The van der Waals surface area contributed by atoms with Gasteiger partial charge in [-0.1, -0.05) is 57.0 Å². The maximum atomic E-state index is 12.1. The molecule has 1 aliphatic carbocycles. The van der Waals surface area contributed by atoms with Crippen molar-refractivity contribution in [1.29, 1.82) is 0 Å². The number of anilines is 1. The highest BCUT2D eigenvalue weighted by Crippen LogP contribution is 2.27. The first-order valence-corrected chi connectivity index (χ1v) is 11.0. The Labute approximate surface area is 166 Å². The van der Waals surface area contributed by atoms with E-state index in [0.29, 0.717) is 22.9 Å². The van der Waals surface area contributed by atoms with Crippen molar-refractivity contribution in [1.82, 2.24) is 15.3 Å². The molecule has 1 amide bonds. The van der Waals surface area contributed by atoms with Crippen LogP contribution in [0.5, 0.6) is 0 Å². The minimum Gasteiger partial charge on any atom is -0.367 e. The number of carbonyl (C=O) groups excluding carboxylic acids is 1. The number of benzene rings is 1. The van der Waals surface area contributed by atoms with E-state index in [2.05, 4.69) is 35.5 Å². The Morgan fingerprint density at radius 3 is 2.74 bits per heavy atom. The van der Waals surface area contributed by atoms with Crippen molar-refractivity contribution in [3.05, 3.63) is 24.3 Å². The Bertz CT molecular complexity index is 759. The quantitative estimate of drug-likeness (QED) is 0.511. The largest absolute Gasteiger partial charge is 0.367 e. The molecule has 1 heterocycles. The monoisotopic (exact) mass is 386 g/mol. The van der Waals surface area contributed by atoms with Crippen molar-refractivity contribution >= 4 is 34.4 Å². The Kier molecular flexibility index (Phi) is 7.33. The van der Waals surface area contributed by atoms with Crippen LogP contribution in [0.25, 0.3) is 10.9 Å². The molecule has 3 rings (SSSR count). The van der Waals surface area contributed by atoms with E-state index in [1.807, 2.05) is 18.2 Å². The molecule has 0 bridgehead atoms. The second-order valence-corrected chi connectivity index (χ2v) is 8.61. The number of hydrogen-bond donors (Lipinski definition) is 2. The number of carbonyl (C=O) groups is 1. The smallest absolute Gasteiger partial charge is 0.230 e. The molecule has 2 aromatic rings. The molecule has 6 heteroatoms. The number of nitrogens with zero attached hydrogens (tertiary/aromatic N) is 2. The van der Waals surface area contributed by atoms with Crippen molar-refractivity contribution in [3.8, 4) is 0 Å². The highest BCUT2D eigenvalue weighted by atomic mass is 32.2. The van der Waals surface area contributed by atoms with Crippen LogP contribution in [-0.4, -0.2) is 34.2 Å². The first kappa shape index (κ1) is 19.9. The van der Waals surface area contributed by atoms with Crippen LogP contribution in [0.3, 0.4) is 0 Å². The average Bonchev–Trinajstić information content (AvgIpc) is 2.67. The van der Waals surface area contributed by atoms with Gasteiger partial charge in [0.1, 0.15) is 5.82 Å². The third-order valence-electron chi connectivity index (χ3n) is 4.90. The predicted octanol–water partition coefficient (Wildman–Crippen LogP) is 4.63. The second-order valence-electron chi connectivity index (χ2n) is 7.67. The summed E-state index contributed by atoms with van der Waals surface area (Å²) in [6.07, 6.45) is 7.27. The minimum absolute atomic E-state index is 0.0409. The Hall–Kier alpha value is -1.82. The third kappa shape index (κ3) is 6.09. The summed E-state index contributed by atoms with van der Waals surface area (Å²) in [6.45, 7) is 5.04. The highest BCUT2D eigenvalue weighted by Gasteiger charge is 2.16. The fourth-order valence-electron chi connectivity index (χ4n) is 3.35. The maximum Gasteiger partial charge on any atom is 0.230 e. The Morgan fingerprint density at radius 2 is 1.96 bits per heavy atom. The summed E-state index contributed by atoms with van der Waals surface area (Å²) in [7, 11) is 0. The fraction of sp³-hybridized carbons (Fsp3) is 0.571. The van der Waals surface area contributed by atoms with E-state index < -0.39 is 0 Å². The number of hydrogen-bond acceptors (Lipinski definition) is 5. The maximum absolute atomic E-state index is 12.1. The van der Waals surface area contributed by atoms with Gasteiger partial charge >= 0.3 is 0 Å². The second kappa shape index (κ2) is 9.93. The molecule has 1 fully saturated rings. The molecule has 0 aliphatic heterocycles. The lowest BCUT2D eigenvalue weighted by atomic mass is 9.95. The van der Waals surface area contributed by atoms with Gasteiger partial charge in [-0.2, -0.15) is 0 Å². The molecule has 1 aromatic carbocycles. The number of fused-ring (bicyclic) bond motifs is 1. The van der Waals surface area contributed by atoms with Crippen molar-refractivity contribution < 1.29 is 4.79 Å². The van der Waals surface area contributed by atoms with Crippen molar-refractivity contribution in [2.45, 2.75) is 63.6 Å². The molecule has 0 atom stereocenters. The number of thioether (sulfide) groups is 1. The van der Waals surface area contributed by atoms with Gasteiger partial charge in [0.25, 0.3) is 0 Å². The van der Waals surface area contributed by atoms with Gasteiger partial charge in [0.2, 0.25) is 5.91 Å². The first-order chi connectivity index (χ1) is 13.1. The average molecular weight is 387 g/mol. The van der Waals surface area contributed by atoms with Crippen LogP contribution in [0.1, 0.15) is 52.4 Å².